The molecule has 2 amide bonds. The molecule has 0 aromatic heterocycles. The Kier molecular flexibility index (Phi) is 7.06. The zero-order chi connectivity index (χ0) is 19.8. The normalized spacial score (nSPS) is 14.3. The molecule has 148 valence electrons. The number of amides is 2. The van der Waals surface area contributed by atoms with Crippen molar-refractivity contribution in [3.8, 4) is 5.75 Å². The Hall–Kier alpha value is -2.82. The van der Waals surface area contributed by atoms with E-state index in [1.54, 1.807) is 36.4 Å². The summed E-state index contributed by atoms with van der Waals surface area (Å²) in [5, 5.41) is 5.98. The second-order valence-corrected chi connectivity index (χ2v) is 7.19. The van der Waals surface area contributed by atoms with Crippen molar-refractivity contribution >= 4 is 17.5 Å². The zero-order valence-corrected chi connectivity index (χ0v) is 16.4. The number of para-hydroxylation sites is 1. The van der Waals surface area contributed by atoms with E-state index in [-0.39, 0.29) is 17.9 Å². The first kappa shape index (κ1) is 19.9. The van der Waals surface area contributed by atoms with Crippen LogP contribution in [0.25, 0.3) is 0 Å². The van der Waals surface area contributed by atoms with Crippen LogP contribution in [-0.4, -0.2) is 24.5 Å². The highest BCUT2D eigenvalue weighted by Crippen LogP contribution is 2.21. The van der Waals surface area contributed by atoms with Crippen LogP contribution in [0, 0.1) is 0 Å². The van der Waals surface area contributed by atoms with Crippen LogP contribution in [0.5, 0.6) is 5.75 Å². The number of carbonyl (C=O) groups excluding carboxylic acids is 2. The molecule has 1 saturated carbocycles. The molecule has 0 radical (unpaired) electrons. The smallest absolute Gasteiger partial charge is 0.259 e. The molecule has 1 aliphatic rings. The monoisotopic (exact) mass is 380 g/mol. The summed E-state index contributed by atoms with van der Waals surface area (Å²) in [7, 11) is 0. The molecule has 28 heavy (non-hydrogen) atoms. The number of hydrogen-bond donors (Lipinski definition) is 2. The number of benzene rings is 2. The summed E-state index contributed by atoms with van der Waals surface area (Å²) in [5.41, 5.74) is 1.62. The van der Waals surface area contributed by atoms with Gasteiger partial charge in [0.25, 0.3) is 11.8 Å². The molecule has 5 nitrogen and oxygen atoms in total. The summed E-state index contributed by atoms with van der Waals surface area (Å²) < 4.78 is 5.67. The van der Waals surface area contributed by atoms with Crippen LogP contribution in [0.2, 0.25) is 0 Å². The highest BCUT2D eigenvalue weighted by Gasteiger charge is 2.17. The molecule has 2 aromatic carbocycles. The lowest BCUT2D eigenvalue weighted by molar-refractivity contribution is 0.0926. The van der Waals surface area contributed by atoms with E-state index in [2.05, 4.69) is 10.6 Å². The maximum absolute atomic E-state index is 12.7. The summed E-state index contributed by atoms with van der Waals surface area (Å²) in [6.45, 7) is 2.58. The van der Waals surface area contributed by atoms with Crippen LogP contribution in [0.15, 0.2) is 48.5 Å². The van der Waals surface area contributed by atoms with Crippen molar-refractivity contribution in [1.29, 1.82) is 0 Å². The fourth-order valence-corrected chi connectivity index (χ4v) is 3.44. The largest absolute Gasteiger partial charge is 0.493 e. The predicted molar refractivity (Wildman–Crippen MR) is 111 cm³/mol. The van der Waals surface area contributed by atoms with Crippen molar-refractivity contribution in [2.24, 2.45) is 0 Å². The maximum atomic E-state index is 12.7. The SMILES string of the molecule is CCCOc1ccccc1C(=O)Nc1cccc(C(=O)NC2CCCCC2)c1. The fraction of sp³-hybridized carbons (Fsp3) is 0.391. The fourth-order valence-electron chi connectivity index (χ4n) is 3.44. The Labute approximate surface area is 166 Å². The molecular formula is C23H28N2O3. The van der Waals surface area contributed by atoms with E-state index in [1.165, 1.54) is 19.3 Å². The van der Waals surface area contributed by atoms with Gasteiger partial charge in [-0.2, -0.15) is 0 Å². The first-order chi connectivity index (χ1) is 13.7. The molecule has 0 heterocycles. The molecule has 0 bridgehead atoms. The number of ether oxygens (including phenoxy) is 1. The van der Waals surface area contributed by atoms with Crippen molar-refractivity contribution in [2.75, 3.05) is 11.9 Å². The number of anilines is 1. The Balaban J connectivity index is 1.67. The third-order valence-corrected chi connectivity index (χ3v) is 4.92. The minimum atomic E-state index is -0.253. The van der Waals surface area contributed by atoms with Crippen LogP contribution >= 0.6 is 0 Å². The van der Waals surface area contributed by atoms with Gasteiger partial charge in [0.1, 0.15) is 5.75 Å². The van der Waals surface area contributed by atoms with E-state index >= 15 is 0 Å². The van der Waals surface area contributed by atoms with Crippen LogP contribution < -0.4 is 15.4 Å². The third kappa shape index (κ3) is 5.35. The van der Waals surface area contributed by atoms with Gasteiger partial charge < -0.3 is 15.4 Å². The molecule has 0 saturated heterocycles. The van der Waals surface area contributed by atoms with Crippen molar-refractivity contribution < 1.29 is 14.3 Å². The van der Waals surface area contributed by atoms with Gasteiger partial charge in [-0.25, -0.2) is 0 Å². The summed E-state index contributed by atoms with van der Waals surface area (Å²) in [5.74, 6) is 0.222. The standard InChI is InChI=1S/C23H28N2O3/c1-2-15-28-21-14-7-6-13-20(21)23(27)25-19-12-8-9-17(16-19)22(26)24-18-10-4-3-5-11-18/h6-9,12-14,16,18H,2-5,10-11,15H2,1H3,(H,24,26)(H,25,27). The summed E-state index contributed by atoms with van der Waals surface area (Å²) in [4.78, 5) is 25.3. The van der Waals surface area contributed by atoms with Crippen molar-refractivity contribution in [3.05, 3.63) is 59.7 Å². The minimum absolute atomic E-state index is 0.0883. The van der Waals surface area contributed by atoms with E-state index in [1.807, 2.05) is 19.1 Å². The third-order valence-electron chi connectivity index (χ3n) is 4.92. The van der Waals surface area contributed by atoms with E-state index < -0.39 is 0 Å². The molecule has 2 aromatic rings. The van der Waals surface area contributed by atoms with Crippen LogP contribution in [0.3, 0.4) is 0 Å². The lowest BCUT2D eigenvalue weighted by atomic mass is 9.95. The summed E-state index contributed by atoms with van der Waals surface area (Å²) >= 11 is 0. The van der Waals surface area contributed by atoms with Gasteiger partial charge in [-0.1, -0.05) is 44.4 Å². The van der Waals surface area contributed by atoms with Gasteiger partial charge >= 0.3 is 0 Å². The van der Waals surface area contributed by atoms with Gasteiger partial charge in [-0.3, -0.25) is 9.59 Å². The predicted octanol–water partition coefficient (Wildman–Crippen LogP) is 4.79. The first-order valence-electron chi connectivity index (χ1n) is 10.1. The highest BCUT2D eigenvalue weighted by atomic mass is 16.5. The Bertz CT molecular complexity index is 813. The second kappa shape index (κ2) is 9.93. The Morgan fingerprint density at radius 2 is 1.79 bits per heavy atom. The van der Waals surface area contributed by atoms with Crippen LogP contribution in [0.4, 0.5) is 5.69 Å². The number of nitrogens with one attached hydrogen (secondary N) is 2. The van der Waals surface area contributed by atoms with Crippen LogP contribution in [0.1, 0.15) is 66.2 Å². The van der Waals surface area contributed by atoms with Gasteiger partial charge in [-0.05, 0) is 49.6 Å². The highest BCUT2D eigenvalue weighted by molar-refractivity contribution is 6.06. The molecule has 1 aliphatic carbocycles. The average molecular weight is 380 g/mol. The molecule has 1 fully saturated rings. The molecule has 0 atom stereocenters. The molecule has 3 rings (SSSR count). The molecule has 0 spiro atoms. The first-order valence-corrected chi connectivity index (χ1v) is 10.1. The summed E-state index contributed by atoms with van der Waals surface area (Å²) in [6, 6.07) is 14.5. The van der Waals surface area contributed by atoms with Gasteiger partial charge in [0.2, 0.25) is 0 Å². The molecular weight excluding hydrogens is 352 g/mol. The zero-order valence-electron chi connectivity index (χ0n) is 16.4. The Morgan fingerprint density at radius 1 is 1.00 bits per heavy atom. The van der Waals surface area contributed by atoms with E-state index in [4.69, 9.17) is 4.74 Å². The van der Waals surface area contributed by atoms with Crippen molar-refractivity contribution in [1.82, 2.24) is 5.32 Å². The van der Waals surface area contributed by atoms with Gasteiger partial charge in [0, 0.05) is 17.3 Å². The van der Waals surface area contributed by atoms with Crippen molar-refractivity contribution in [2.45, 2.75) is 51.5 Å². The van der Waals surface area contributed by atoms with E-state index in [9.17, 15) is 9.59 Å². The van der Waals surface area contributed by atoms with Gasteiger partial charge in [-0.15, -0.1) is 0 Å². The second-order valence-electron chi connectivity index (χ2n) is 7.19. The van der Waals surface area contributed by atoms with E-state index in [0.29, 0.717) is 29.2 Å². The average Bonchev–Trinajstić information content (AvgIpc) is 2.73. The topological polar surface area (TPSA) is 67.4 Å². The van der Waals surface area contributed by atoms with Gasteiger partial charge in [0.15, 0.2) is 0 Å². The lowest BCUT2D eigenvalue weighted by Crippen LogP contribution is -2.36. The number of carbonyl (C=O) groups is 2. The van der Waals surface area contributed by atoms with Crippen molar-refractivity contribution in [3.63, 3.8) is 0 Å². The molecule has 0 unspecified atom stereocenters. The summed E-state index contributed by atoms with van der Waals surface area (Å²) in [6.07, 6.45) is 6.53. The maximum Gasteiger partial charge on any atom is 0.259 e. The van der Waals surface area contributed by atoms with Gasteiger partial charge in [0.05, 0.1) is 12.2 Å². The quantitative estimate of drug-likeness (QED) is 0.726. The molecule has 2 N–H and O–H groups in total. The lowest BCUT2D eigenvalue weighted by Gasteiger charge is -2.22. The molecule has 0 aliphatic heterocycles. The van der Waals surface area contributed by atoms with Crippen LogP contribution in [-0.2, 0) is 0 Å². The van der Waals surface area contributed by atoms with E-state index in [0.717, 1.165) is 19.3 Å². The number of hydrogen-bond acceptors (Lipinski definition) is 3. The molecule has 5 heteroatoms. The number of rotatable bonds is 7. The minimum Gasteiger partial charge on any atom is -0.493 e. The Morgan fingerprint density at radius 3 is 2.57 bits per heavy atom.